The first kappa shape index (κ1) is 11.2. The molecule has 16 heavy (non-hydrogen) atoms. The molecule has 0 bridgehead atoms. The molecule has 1 aromatic carbocycles. The Labute approximate surface area is 95.7 Å². The lowest BCUT2D eigenvalue weighted by Gasteiger charge is -2.01. The number of oxazole rings is 1. The van der Waals surface area contributed by atoms with Crippen molar-refractivity contribution in [2.24, 2.45) is 7.05 Å². The molecule has 0 amide bonds. The van der Waals surface area contributed by atoms with Gasteiger partial charge < -0.3 is 4.42 Å². The van der Waals surface area contributed by atoms with Gasteiger partial charge in [-0.3, -0.25) is 4.57 Å². The van der Waals surface area contributed by atoms with Crippen LogP contribution in [0.2, 0.25) is 0 Å². The maximum atomic E-state index is 11.2. The van der Waals surface area contributed by atoms with E-state index in [4.69, 9.17) is 15.1 Å². The molecule has 0 saturated carbocycles. The minimum absolute atomic E-state index is 0.0454. The van der Waals surface area contributed by atoms with Crippen LogP contribution in [0, 0.1) is 6.92 Å². The molecule has 0 aliphatic carbocycles. The first-order chi connectivity index (χ1) is 7.30. The Morgan fingerprint density at radius 2 is 2.00 bits per heavy atom. The van der Waals surface area contributed by atoms with Crippen LogP contribution in [0.4, 0.5) is 0 Å². The molecule has 0 atom stereocenters. The van der Waals surface area contributed by atoms with Gasteiger partial charge >= 0.3 is 5.76 Å². The second-order valence-electron chi connectivity index (χ2n) is 3.45. The molecule has 0 N–H and O–H groups in total. The van der Waals surface area contributed by atoms with Crippen LogP contribution in [0.15, 0.2) is 26.2 Å². The number of halogens is 1. The second-order valence-corrected chi connectivity index (χ2v) is 5.98. The summed E-state index contributed by atoms with van der Waals surface area (Å²) in [7, 11) is 2.97. The van der Waals surface area contributed by atoms with Crippen LogP contribution in [0.25, 0.3) is 11.1 Å². The lowest BCUT2D eigenvalue weighted by molar-refractivity contribution is 0.527. The van der Waals surface area contributed by atoms with Gasteiger partial charge in [-0.1, -0.05) is 0 Å². The normalized spacial score (nSPS) is 12.2. The van der Waals surface area contributed by atoms with Crippen LogP contribution in [0.5, 0.6) is 0 Å². The third-order valence-electron chi connectivity index (χ3n) is 2.35. The maximum Gasteiger partial charge on any atom is 0.419 e. The Morgan fingerprint density at radius 3 is 2.56 bits per heavy atom. The second kappa shape index (κ2) is 3.36. The van der Waals surface area contributed by atoms with Crippen molar-refractivity contribution in [2.75, 3.05) is 0 Å². The Kier molecular flexibility index (Phi) is 2.36. The van der Waals surface area contributed by atoms with Crippen LogP contribution in [0.3, 0.4) is 0 Å². The summed E-state index contributed by atoms with van der Waals surface area (Å²) >= 11 is 0. The topological polar surface area (TPSA) is 69.3 Å². The fourth-order valence-electron chi connectivity index (χ4n) is 1.52. The van der Waals surface area contributed by atoms with Crippen LogP contribution < -0.4 is 5.76 Å². The number of aromatic nitrogens is 1. The van der Waals surface area contributed by atoms with Gasteiger partial charge in [-0.2, -0.15) is 0 Å². The van der Waals surface area contributed by atoms with E-state index in [1.165, 1.54) is 10.6 Å². The van der Waals surface area contributed by atoms with E-state index < -0.39 is 14.8 Å². The molecule has 5 nitrogen and oxygen atoms in total. The molecule has 7 heteroatoms. The summed E-state index contributed by atoms with van der Waals surface area (Å²) in [5.74, 6) is -0.543. The molecule has 2 aromatic rings. The third-order valence-corrected chi connectivity index (χ3v) is 3.82. The van der Waals surface area contributed by atoms with E-state index in [0.717, 1.165) is 0 Å². The lowest BCUT2D eigenvalue weighted by Crippen LogP contribution is -2.08. The minimum Gasteiger partial charge on any atom is -0.408 e. The average Bonchev–Trinajstić information content (AvgIpc) is 2.41. The van der Waals surface area contributed by atoms with Crippen LogP contribution >= 0.6 is 10.7 Å². The van der Waals surface area contributed by atoms with Gasteiger partial charge in [0.05, 0.1) is 10.4 Å². The molecular weight excluding hydrogens is 254 g/mol. The maximum absolute atomic E-state index is 11.2. The molecular formula is C9H8ClNO4S. The largest absolute Gasteiger partial charge is 0.419 e. The Morgan fingerprint density at radius 1 is 1.38 bits per heavy atom. The smallest absolute Gasteiger partial charge is 0.408 e. The standard InChI is InChI=1S/C9H8ClNO4S/c1-5-3-6-7(15-9(12)11(6)2)4-8(5)16(10,13)14/h3-4H,1-2H3. The summed E-state index contributed by atoms with van der Waals surface area (Å²) in [4.78, 5) is 11.2. The van der Waals surface area contributed by atoms with Crippen molar-refractivity contribution in [3.8, 4) is 0 Å². The number of nitrogens with zero attached hydrogens (tertiary/aromatic N) is 1. The highest BCUT2D eigenvalue weighted by atomic mass is 35.7. The number of benzene rings is 1. The zero-order chi connectivity index (χ0) is 12.1. The van der Waals surface area contributed by atoms with Gasteiger partial charge in [-0.25, -0.2) is 13.2 Å². The monoisotopic (exact) mass is 261 g/mol. The fraction of sp³-hybridized carbons (Fsp3) is 0.222. The average molecular weight is 262 g/mol. The van der Waals surface area contributed by atoms with Gasteiger partial charge in [-0.05, 0) is 18.6 Å². The van der Waals surface area contributed by atoms with Gasteiger partial charge in [-0.15, -0.1) is 0 Å². The zero-order valence-electron chi connectivity index (χ0n) is 8.52. The van der Waals surface area contributed by atoms with E-state index >= 15 is 0 Å². The Bertz CT molecular complexity index is 726. The highest BCUT2D eigenvalue weighted by Crippen LogP contribution is 2.24. The molecule has 0 radical (unpaired) electrons. The number of hydrogen-bond acceptors (Lipinski definition) is 4. The van der Waals surface area contributed by atoms with Crippen molar-refractivity contribution in [1.82, 2.24) is 4.57 Å². The van der Waals surface area contributed by atoms with Crippen molar-refractivity contribution in [2.45, 2.75) is 11.8 Å². The quantitative estimate of drug-likeness (QED) is 0.727. The molecule has 0 spiro atoms. The summed E-state index contributed by atoms with van der Waals surface area (Å²) in [6.07, 6.45) is 0. The molecule has 1 heterocycles. The highest BCUT2D eigenvalue weighted by Gasteiger charge is 2.17. The number of fused-ring (bicyclic) bond motifs is 1. The van der Waals surface area contributed by atoms with E-state index in [2.05, 4.69) is 0 Å². The van der Waals surface area contributed by atoms with E-state index in [9.17, 15) is 13.2 Å². The van der Waals surface area contributed by atoms with Gasteiger partial charge in [0, 0.05) is 23.8 Å². The van der Waals surface area contributed by atoms with Gasteiger partial charge in [0.2, 0.25) is 0 Å². The van der Waals surface area contributed by atoms with Crippen molar-refractivity contribution in [3.05, 3.63) is 28.2 Å². The summed E-state index contributed by atoms with van der Waals surface area (Å²) in [5, 5.41) is 0. The van der Waals surface area contributed by atoms with Crippen molar-refractivity contribution in [3.63, 3.8) is 0 Å². The summed E-state index contributed by atoms with van der Waals surface area (Å²) < 4.78 is 28.6. The molecule has 1 aromatic heterocycles. The molecule has 0 fully saturated rings. The van der Waals surface area contributed by atoms with E-state index in [0.29, 0.717) is 11.1 Å². The van der Waals surface area contributed by atoms with Crippen molar-refractivity contribution in [1.29, 1.82) is 0 Å². The highest BCUT2D eigenvalue weighted by molar-refractivity contribution is 8.13. The Balaban J connectivity index is 2.94. The van der Waals surface area contributed by atoms with Gasteiger partial charge in [0.15, 0.2) is 5.58 Å². The predicted octanol–water partition coefficient (Wildman–Crippen LogP) is 1.37. The lowest BCUT2D eigenvalue weighted by atomic mass is 10.2. The summed E-state index contributed by atoms with van der Waals surface area (Å²) in [6, 6.07) is 2.81. The molecule has 0 aliphatic rings. The fourth-order valence-corrected chi connectivity index (χ4v) is 2.71. The number of rotatable bonds is 1. The van der Waals surface area contributed by atoms with Crippen LogP contribution in [-0.2, 0) is 16.1 Å². The summed E-state index contributed by atoms with van der Waals surface area (Å²) in [5.41, 5.74) is 1.21. The molecule has 0 saturated heterocycles. The first-order valence-corrected chi connectivity index (χ1v) is 6.66. The van der Waals surface area contributed by atoms with E-state index in [-0.39, 0.29) is 10.5 Å². The van der Waals surface area contributed by atoms with Gasteiger partial charge in [0.25, 0.3) is 9.05 Å². The van der Waals surface area contributed by atoms with Crippen molar-refractivity contribution >= 4 is 30.8 Å². The molecule has 2 rings (SSSR count). The number of aryl methyl sites for hydroxylation is 2. The Hall–Kier alpha value is -1.27. The number of hydrogen-bond donors (Lipinski definition) is 0. The molecule has 86 valence electrons. The van der Waals surface area contributed by atoms with Crippen LogP contribution in [-0.4, -0.2) is 13.0 Å². The van der Waals surface area contributed by atoms with E-state index in [1.807, 2.05) is 0 Å². The molecule has 0 unspecified atom stereocenters. The van der Waals surface area contributed by atoms with Crippen molar-refractivity contribution < 1.29 is 12.8 Å². The summed E-state index contributed by atoms with van der Waals surface area (Å²) in [6.45, 7) is 1.60. The first-order valence-electron chi connectivity index (χ1n) is 4.35. The molecule has 0 aliphatic heterocycles. The zero-order valence-corrected chi connectivity index (χ0v) is 10.1. The van der Waals surface area contributed by atoms with Crippen LogP contribution in [0.1, 0.15) is 5.56 Å². The van der Waals surface area contributed by atoms with E-state index in [1.54, 1.807) is 20.0 Å². The minimum atomic E-state index is -3.83. The SMILES string of the molecule is Cc1cc2c(cc1S(=O)(=O)Cl)oc(=O)n2C. The predicted molar refractivity (Wildman–Crippen MR) is 59.2 cm³/mol. The van der Waals surface area contributed by atoms with Gasteiger partial charge in [0.1, 0.15) is 0 Å². The third kappa shape index (κ3) is 1.64.